The Balaban J connectivity index is 2.00. The summed E-state index contributed by atoms with van der Waals surface area (Å²) >= 11 is 3.49. The number of halogens is 1. The summed E-state index contributed by atoms with van der Waals surface area (Å²) in [5.41, 5.74) is 3.90. The number of hydrogen-bond acceptors (Lipinski definition) is 3. The zero-order chi connectivity index (χ0) is 20.9. The number of sulfonamides is 1. The average molecular weight is 467 g/mol. The van der Waals surface area contributed by atoms with Crippen molar-refractivity contribution in [1.82, 2.24) is 4.72 Å². The van der Waals surface area contributed by atoms with Crippen molar-refractivity contribution < 1.29 is 13.2 Å². The van der Waals surface area contributed by atoms with E-state index in [4.69, 9.17) is 0 Å². The maximum absolute atomic E-state index is 12.4. The van der Waals surface area contributed by atoms with Gasteiger partial charge in [-0.05, 0) is 74.6 Å². The Hall–Kier alpha value is -1.70. The van der Waals surface area contributed by atoms with E-state index in [9.17, 15) is 13.2 Å². The Morgan fingerprint density at radius 3 is 2.36 bits per heavy atom. The van der Waals surface area contributed by atoms with Crippen LogP contribution in [-0.2, 0) is 27.7 Å². The maximum atomic E-state index is 12.4. The molecule has 0 saturated heterocycles. The van der Waals surface area contributed by atoms with Crippen molar-refractivity contribution in [3.8, 4) is 0 Å². The van der Waals surface area contributed by atoms with Crippen LogP contribution < -0.4 is 10.0 Å². The Morgan fingerprint density at radius 2 is 1.79 bits per heavy atom. The quantitative estimate of drug-likeness (QED) is 0.597. The molecule has 0 spiro atoms. The summed E-state index contributed by atoms with van der Waals surface area (Å²) in [4.78, 5) is 12.6. The third-order valence-electron chi connectivity index (χ3n) is 4.29. The highest BCUT2D eigenvalue weighted by Crippen LogP contribution is 2.26. The molecule has 2 aromatic rings. The molecule has 1 amide bonds. The van der Waals surface area contributed by atoms with E-state index in [1.54, 1.807) is 38.1 Å². The van der Waals surface area contributed by atoms with E-state index < -0.39 is 10.0 Å². The van der Waals surface area contributed by atoms with Gasteiger partial charge in [-0.1, -0.05) is 35.0 Å². The number of aryl methyl sites for hydroxylation is 3. The summed E-state index contributed by atoms with van der Waals surface area (Å²) in [5, 5.41) is 3.02. The minimum Gasteiger partial charge on any atom is -0.326 e. The van der Waals surface area contributed by atoms with Crippen LogP contribution in [0, 0.1) is 6.92 Å². The van der Waals surface area contributed by atoms with Gasteiger partial charge in [0.25, 0.3) is 0 Å². The molecule has 0 saturated carbocycles. The van der Waals surface area contributed by atoms with Crippen molar-refractivity contribution in [1.29, 1.82) is 0 Å². The summed E-state index contributed by atoms with van der Waals surface area (Å²) in [6.07, 6.45) is 1.70. The molecule has 0 aliphatic heterocycles. The van der Waals surface area contributed by atoms with Crippen LogP contribution in [0.4, 0.5) is 5.69 Å². The molecule has 152 valence electrons. The van der Waals surface area contributed by atoms with Gasteiger partial charge in [0.05, 0.1) is 4.90 Å². The van der Waals surface area contributed by atoms with Crippen molar-refractivity contribution in [2.75, 3.05) is 5.32 Å². The predicted octanol–water partition coefficient (Wildman–Crippen LogP) is 4.58. The Labute approximate surface area is 176 Å². The van der Waals surface area contributed by atoms with Gasteiger partial charge in [-0.15, -0.1) is 0 Å². The molecule has 0 unspecified atom stereocenters. The number of carbonyl (C=O) groups is 1. The normalized spacial score (nSPS) is 11.6. The van der Waals surface area contributed by atoms with Crippen molar-refractivity contribution in [3.63, 3.8) is 0 Å². The SMILES string of the molecule is CCc1cc(Br)cc(C)c1NC(=O)CCc1ccc(S(=O)(=O)NC(C)C)cc1. The molecular weight excluding hydrogens is 440 g/mol. The smallest absolute Gasteiger partial charge is 0.240 e. The Bertz CT molecular complexity index is 939. The number of benzene rings is 2. The average Bonchev–Trinajstić information content (AvgIpc) is 2.61. The van der Waals surface area contributed by atoms with Crippen molar-refractivity contribution in [2.45, 2.75) is 57.9 Å². The topological polar surface area (TPSA) is 75.3 Å². The van der Waals surface area contributed by atoms with E-state index in [0.29, 0.717) is 12.8 Å². The number of nitrogens with one attached hydrogen (secondary N) is 2. The first-order valence-electron chi connectivity index (χ1n) is 9.32. The molecule has 2 rings (SSSR count). The lowest BCUT2D eigenvalue weighted by molar-refractivity contribution is -0.116. The minimum atomic E-state index is -3.50. The second-order valence-corrected chi connectivity index (χ2v) is 9.71. The van der Waals surface area contributed by atoms with Gasteiger partial charge in [-0.2, -0.15) is 0 Å². The summed E-state index contributed by atoms with van der Waals surface area (Å²) < 4.78 is 27.9. The summed E-state index contributed by atoms with van der Waals surface area (Å²) in [6, 6.07) is 10.5. The predicted molar refractivity (Wildman–Crippen MR) is 117 cm³/mol. The monoisotopic (exact) mass is 466 g/mol. The van der Waals surface area contributed by atoms with E-state index in [-0.39, 0.29) is 16.8 Å². The highest BCUT2D eigenvalue weighted by molar-refractivity contribution is 9.10. The van der Waals surface area contributed by atoms with Gasteiger partial charge in [0.1, 0.15) is 0 Å². The zero-order valence-electron chi connectivity index (χ0n) is 16.7. The molecule has 0 heterocycles. The van der Waals surface area contributed by atoms with Crippen LogP contribution in [0.1, 0.15) is 43.9 Å². The first-order chi connectivity index (χ1) is 13.1. The van der Waals surface area contributed by atoms with Crippen LogP contribution in [0.5, 0.6) is 0 Å². The van der Waals surface area contributed by atoms with Gasteiger partial charge in [0.2, 0.25) is 15.9 Å². The highest BCUT2D eigenvalue weighted by atomic mass is 79.9. The molecule has 2 N–H and O–H groups in total. The molecule has 0 fully saturated rings. The number of carbonyl (C=O) groups excluding carboxylic acids is 1. The zero-order valence-corrected chi connectivity index (χ0v) is 19.1. The molecule has 0 atom stereocenters. The molecule has 0 bridgehead atoms. The molecule has 28 heavy (non-hydrogen) atoms. The molecule has 0 aliphatic rings. The van der Waals surface area contributed by atoms with E-state index in [2.05, 4.69) is 32.9 Å². The van der Waals surface area contributed by atoms with Gasteiger partial charge in [0.15, 0.2) is 0 Å². The number of hydrogen-bond donors (Lipinski definition) is 2. The molecule has 0 radical (unpaired) electrons. The van der Waals surface area contributed by atoms with E-state index >= 15 is 0 Å². The number of amides is 1. The van der Waals surface area contributed by atoms with Gasteiger partial charge < -0.3 is 5.32 Å². The van der Waals surface area contributed by atoms with E-state index in [1.807, 2.05) is 19.1 Å². The standard InChI is InChI=1S/C21H27BrN2O3S/c1-5-17-13-18(22)12-15(4)21(17)23-20(25)11-8-16-6-9-19(10-7-16)28(26,27)24-14(2)3/h6-7,9-10,12-14,24H,5,8,11H2,1-4H3,(H,23,25). The van der Waals surface area contributed by atoms with Gasteiger partial charge in [-0.3, -0.25) is 4.79 Å². The molecule has 2 aromatic carbocycles. The molecule has 5 nitrogen and oxygen atoms in total. The number of rotatable bonds is 8. The lowest BCUT2D eigenvalue weighted by Gasteiger charge is -2.14. The summed E-state index contributed by atoms with van der Waals surface area (Å²) in [5.74, 6) is -0.0571. The Kier molecular flexibility index (Phi) is 7.80. The number of anilines is 1. The molecule has 7 heteroatoms. The van der Waals surface area contributed by atoms with Crippen LogP contribution in [0.25, 0.3) is 0 Å². The van der Waals surface area contributed by atoms with Gasteiger partial charge in [0, 0.05) is 22.6 Å². The largest absolute Gasteiger partial charge is 0.326 e. The van der Waals surface area contributed by atoms with E-state index in [1.165, 1.54) is 0 Å². The fourth-order valence-electron chi connectivity index (χ4n) is 2.94. The molecular formula is C21H27BrN2O3S. The van der Waals surface area contributed by atoms with E-state index in [0.717, 1.165) is 33.3 Å². The van der Waals surface area contributed by atoms with Gasteiger partial charge >= 0.3 is 0 Å². The Morgan fingerprint density at radius 1 is 1.14 bits per heavy atom. The fraction of sp³-hybridized carbons (Fsp3) is 0.381. The van der Waals surface area contributed by atoms with Crippen LogP contribution in [0.15, 0.2) is 45.8 Å². The summed E-state index contributed by atoms with van der Waals surface area (Å²) in [6.45, 7) is 7.59. The van der Waals surface area contributed by atoms with Crippen LogP contribution >= 0.6 is 15.9 Å². The van der Waals surface area contributed by atoms with Crippen molar-refractivity contribution in [3.05, 3.63) is 57.6 Å². The first kappa shape index (κ1) is 22.6. The molecule has 0 aliphatic carbocycles. The third-order valence-corrected chi connectivity index (χ3v) is 6.42. The first-order valence-corrected chi connectivity index (χ1v) is 11.6. The van der Waals surface area contributed by atoms with Crippen molar-refractivity contribution in [2.24, 2.45) is 0 Å². The fourth-order valence-corrected chi connectivity index (χ4v) is 4.81. The third kappa shape index (κ3) is 6.15. The maximum Gasteiger partial charge on any atom is 0.240 e. The van der Waals surface area contributed by atoms with Crippen molar-refractivity contribution >= 4 is 37.5 Å². The second kappa shape index (κ2) is 9.67. The molecule has 0 aromatic heterocycles. The summed E-state index contributed by atoms with van der Waals surface area (Å²) in [7, 11) is -3.50. The van der Waals surface area contributed by atoms with Crippen LogP contribution in [0.3, 0.4) is 0 Å². The minimum absolute atomic E-state index is 0.0571. The van der Waals surface area contributed by atoms with Gasteiger partial charge in [-0.25, -0.2) is 13.1 Å². The highest BCUT2D eigenvalue weighted by Gasteiger charge is 2.15. The van der Waals surface area contributed by atoms with Crippen LogP contribution in [-0.4, -0.2) is 20.4 Å². The second-order valence-electron chi connectivity index (χ2n) is 7.08. The lowest BCUT2D eigenvalue weighted by atomic mass is 10.1. The van der Waals surface area contributed by atoms with Crippen LogP contribution in [0.2, 0.25) is 0 Å². The lowest BCUT2D eigenvalue weighted by Crippen LogP contribution is -2.30.